The van der Waals surface area contributed by atoms with Gasteiger partial charge in [-0.1, -0.05) is 13.8 Å². The van der Waals surface area contributed by atoms with Crippen LogP contribution in [0.2, 0.25) is 0 Å². The molecule has 4 heteroatoms. The molecule has 0 bridgehead atoms. The fourth-order valence-electron chi connectivity index (χ4n) is 2.73. The molecule has 1 aromatic rings. The lowest BCUT2D eigenvalue weighted by Gasteiger charge is -2.40. The third kappa shape index (κ3) is 4.05. The highest BCUT2D eigenvalue weighted by molar-refractivity contribution is 4.93. The summed E-state index contributed by atoms with van der Waals surface area (Å²) in [4.78, 5) is 4.30. The molecule has 1 heterocycles. The average Bonchev–Trinajstić information content (AvgIpc) is 2.76. The van der Waals surface area contributed by atoms with Crippen LogP contribution in [0.4, 0.5) is 0 Å². The maximum absolute atomic E-state index is 10.5. The van der Waals surface area contributed by atoms with Crippen molar-refractivity contribution in [2.75, 3.05) is 13.1 Å². The molecule has 0 atom stereocenters. The summed E-state index contributed by atoms with van der Waals surface area (Å²) in [5.74, 6) is 1.09. The number of aliphatic hydroxyl groups is 1. The van der Waals surface area contributed by atoms with Crippen LogP contribution < -0.4 is 5.32 Å². The van der Waals surface area contributed by atoms with Gasteiger partial charge in [-0.2, -0.15) is 0 Å². The van der Waals surface area contributed by atoms with E-state index >= 15 is 0 Å². The quantitative estimate of drug-likeness (QED) is 0.799. The Morgan fingerprint density at radius 1 is 1.32 bits per heavy atom. The van der Waals surface area contributed by atoms with Crippen LogP contribution in [-0.4, -0.2) is 33.3 Å². The van der Waals surface area contributed by atoms with E-state index in [2.05, 4.69) is 24.1 Å². The topological polar surface area (TPSA) is 50.1 Å². The molecule has 108 valence electrons. The minimum absolute atomic E-state index is 0.402. The first-order chi connectivity index (χ1) is 8.90. The molecule has 0 saturated heterocycles. The number of nitrogens with zero attached hydrogens (tertiary/aromatic N) is 2. The van der Waals surface area contributed by atoms with Gasteiger partial charge in [-0.3, -0.25) is 0 Å². The maximum atomic E-state index is 10.5. The normalized spacial score (nSPS) is 21.5. The second-order valence-electron chi connectivity index (χ2n) is 6.77. The van der Waals surface area contributed by atoms with Crippen LogP contribution in [0.5, 0.6) is 0 Å². The van der Waals surface area contributed by atoms with Crippen LogP contribution in [0.3, 0.4) is 0 Å². The molecule has 0 aliphatic heterocycles. The van der Waals surface area contributed by atoms with Crippen molar-refractivity contribution in [2.45, 2.75) is 51.6 Å². The molecule has 1 fully saturated rings. The zero-order chi connectivity index (χ0) is 13.9. The molecular formula is C15H27N3O. The number of rotatable bonds is 5. The number of hydrogen-bond donors (Lipinski definition) is 2. The summed E-state index contributed by atoms with van der Waals surface area (Å²) in [6.45, 7) is 6.16. The van der Waals surface area contributed by atoms with Gasteiger partial charge in [-0.05, 0) is 31.1 Å². The van der Waals surface area contributed by atoms with Crippen molar-refractivity contribution in [3.05, 3.63) is 18.2 Å². The summed E-state index contributed by atoms with van der Waals surface area (Å²) in [7, 11) is 2.01. The molecule has 1 aliphatic rings. The van der Waals surface area contributed by atoms with E-state index in [-0.39, 0.29) is 0 Å². The van der Waals surface area contributed by atoms with Gasteiger partial charge in [0.05, 0.1) is 5.60 Å². The minimum Gasteiger partial charge on any atom is -0.389 e. The Bertz CT molecular complexity index is 401. The molecule has 0 aromatic carbocycles. The van der Waals surface area contributed by atoms with Gasteiger partial charge in [0, 0.05) is 39.0 Å². The van der Waals surface area contributed by atoms with Crippen molar-refractivity contribution < 1.29 is 5.11 Å². The van der Waals surface area contributed by atoms with E-state index in [1.165, 1.54) is 0 Å². The molecule has 1 aromatic heterocycles. The minimum atomic E-state index is -0.503. The number of imidazole rings is 1. The Balaban J connectivity index is 1.70. The Labute approximate surface area is 116 Å². The van der Waals surface area contributed by atoms with Gasteiger partial charge < -0.3 is 15.0 Å². The predicted octanol–water partition coefficient (Wildman–Crippen LogP) is 1.88. The maximum Gasteiger partial charge on any atom is 0.109 e. The van der Waals surface area contributed by atoms with Gasteiger partial charge in [0.2, 0.25) is 0 Å². The Kier molecular flexibility index (Phi) is 4.31. The van der Waals surface area contributed by atoms with Crippen LogP contribution in [-0.2, 0) is 13.5 Å². The predicted molar refractivity (Wildman–Crippen MR) is 77.0 cm³/mol. The van der Waals surface area contributed by atoms with Crippen LogP contribution >= 0.6 is 0 Å². The molecular weight excluding hydrogens is 238 g/mol. The summed E-state index contributed by atoms with van der Waals surface area (Å²) in [6.07, 6.45) is 8.75. The van der Waals surface area contributed by atoms with Crippen LogP contribution in [0.1, 0.15) is 45.4 Å². The third-order valence-electron chi connectivity index (χ3n) is 4.43. The molecule has 0 spiro atoms. The highest BCUT2D eigenvalue weighted by atomic mass is 16.3. The lowest BCUT2D eigenvalue weighted by atomic mass is 9.71. The van der Waals surface area contributed by atoms with Crippen molar-refractivity contribution in [3.8, 4) is 0 Å². The molecule has 4 nitrogen and oxygen atoms in total. The number of aryl methyl sites for hydroxylation is 1. The van der Waals surface area contributed by atoms with Gasteiger partial charge in [0.25, 0.3) is 0 Å². The largest absolute Gasteiger partial charge is 0.389 e. The van der Waals surface area contributed by atoms with Crippen molar-refractivity contribution in [1.29, 1.82) is 0 Å². The van der Waals surface area contributed by atoms with Crippen molar-refractivity contribution in [2.24, 2.45) is 12.5 Å². The lowest BCUT2D eigenvalue weighted by Crippen LogP contribution is -2.45. The number of hydrogen-bond acceptors (Lipinski definition) is 3. The Morgan fingerprint density at radius 3 is 2.58 bits per heavy atom. The average molecular weight is 265 g/mol. The van der Waals surface area contributed by atoms with Crippen LogP contribution in [0.15, 0.2) is 12.4 Å². The van der Waals surface area contributed by atoms with Gasteiger partial charge in [-0.25, -0.2) is 4.98 Å². The van der Waals surface area contributed by atoms with Gasteiger partial charge in [-0.15, -0.1) is 0 Å². The molecule has 19 heavy (non-hydrogen) atoms. The molecule has 1 saturated carbocycles. The number of aromatic nitrogens is 2. The summed E-state index contributed by atoms with van der Waals surface area (Å²) < 4.78 is 2.04. The SMILES string of the molecule is Cn1ccnc1CCNCC1(O)CCC(C)(C)CC1. The monoisotopic (exact) mass is 265 g/mol. The molecule has 0 radical (unpaired) electrons. The fraction of sp³-hybridized carbons (Fsp3) is 0.800. The summed E-state index contributed by atoms with van der Waals surface area (Å²) in [6, 6.07) is 0. The van der Waals surface area contributed by atoms with Crippen molar-refractivity contribution in [3.63, 3.8) is 0 Å². The standard InChI is InChI=1S/C15H27N3O/c1-14(2)5-7-15(19,8-6-14)12-16-9-4-13-17-10-11-18(13)3/h10-11,16,19H,4-9,12H2,1-3H3. The molecule has 1 aliphatic carbocycles. The zero-order valence-electron chi connectivity index (χ0n) is 12.4. The second kappa shape index (κ2) is 5.63. The highest BCUT2D eigenvalue weighted by Crippen LogP contribution is 2.39. The first-order valence-corrected chi connectivity index (χ1v) is 7.30. The van der Waals surface area contributed by atoms with Crippen molar-refractivity contribution in [1.82, 2.24) is 14.9 Å². The summed E-state index contributed by atoms with van der Waals surface area (Å²) in [5.41, 5.74) is -0.101. The van der Waals surface area contributed by atoms with Gasteiger partial charge in [0.1, 0.15) is 5.82 Å². The third-order valence-corrected chi connectivity index (χ3v) is 4.43. The Hall–Kier alpha value is -0.870. The van der Waals surface area contributed by atoms with E-state index < -0.39 is 5.60 Å². The molecule has 2 rings (SSSR count). The fourth-order valence-corrected chi connectivity index (χ4v) is 2.73. The van der Waals surface area contributed by atoms with E-state index in [1.54, 1.807) is 0 Å². The summed E-state index contributed by atoms with van der Waals surface area (Å²) >= 11 is 0. The Morgan fingerprint density at radius 2 is 2.00 bits per heavy atom. The first kappa shape index (κ1) is 14.5. The van der Waals surface area contributed by atoms with E-state index in [0.717, 1.165) is 44.5 Å². The van der Waals surface area contributed by atoms with E-state index in [1.807, 2.05) is 24.0 Å². The number of nitrogens with one attached hydrogen (secondary N) is 1. The van der Waals surface area contributed by atoms with E-state index in [9.17, 15) is 5.11 Å². The molecule has 0 unspecified atom stereocenters. The van der Waals surface area contributed by atoms with E-state index in [4.69, 9.17) is 0 Å². The van der Waals surface area contributed by atoms with Crippen molar-refractivity contribution >= 4 is 0 Å². The molecule has 0 amide bonds. The van der Waals surface area contributed by atoms with Gasteiger partial charge in [0.15, 0.2) is 0 Å². The smallest absolute Gasteiger partial charge is 0.109 e. The first-order valence-electron chi connectivity index (χ1n) is 7.30. The second-order valence-corrected chi connectivity index (χ2v) is 6.77. The van der Waals surface area contributed by atoms with Crippen LogP contribution in [0, 0.1) is 5.41 Å². The highest BCUT2D eigenvalue weighted by Gasteiger charge is 2.36. The lowest BCUT2D eigenvalue weighted by molar-refractivity contribution is -0.0241. The zero-order valence-corrected chi connectivity index (χ0v) is 12.4. The van der Waals surface area contributed by atoms with E-state index in [0.29, 0.717) is 12.0 Å². The van der Waals surface area contributed by atoms with Gasteiger partial charge >= 0.3 is 0 Å². The molecule has 2 N–H and O–H groups in total. The van der Waals surface area contributed by atoms with Crippen LogP contribution in [0.25, 0.3) is 0 Å². The summed E-state index contributed by atoms with van der Waals surface area (Å²) in [5, 5.41) is 13.9.